The molecular formula is C11H14FN5. The molecule has 2 aromatic rings. The van der Waals surface area contributed by atoms with Gasteiger partial charge in [-0.05, 0) is 6.42 Å². The third-order valence-electron chi connectivity index (χ3n) is 2.45. The van der Waals surface area contributed by atoms with E-state index in [0.29, 0.717) is 11.4 Å². The van der Waals surface area contributed by atoms with Gasteiger partial charge < -0.3 is 5.73 Å². The van der Waals surface area contributed by atoms with Gasteiger partial charge in [0.1, 0.15) is 5.82 Å². The zero-order valence-corrected chi connectivity index (χ0v) is 9.55. The van der Waals surface area contributed by atoms with Crippen molar-refractivity contribution in [2.75, 3.05) is 0 Å². The average Bonchev–Trinajstić information content (AvgIpc) is 2.78. The number of aromatic nitrogens is 4. The zero-order valence-electron chi connectivity index (χ0n) is 9.55. The Hall–Kier alpha value is -1.82. The highest BCUT2D eigenvalue weighted by atomic mass is 19.1. The third kappa shape index (κ3) is 2.65. The van der Waals surface area contributed by atoms with Gasteiger partial charge in [0.15, 0.2) is 0 Å². The monoisotopic (exact) mass is 235 g/mol. The van der Waals surface area contributed by atoms with Gasteiger partial charge in [0.25, 0.3) is 0 Å². The van der Waals surface area contributed by atoms with Crippen molar-refractivity contribution < 1.29 is 4.39 Å². The molecule has 1 unspecified atom stereocenters. The van der Waals surface area contributed by atoms with Gasteiger partial charge in [0.2, 0.25) is 0 Å². The number of nitrogens with zero attached hydrogens (tertiary/aromatic N) is 4. The minimum atomic E-state index is -0.405. The van der Waals surface area contributed by atoms with Crippen LogP contribution in [0.2, 0.25) is 0 Å². The molecule has 0 radical (unpaired) electrons. The van der Waals surface area contributed by atoms with Crippen LogP contribution in [0.3, 0.4) is 0 Å². The van der Waals surface area contributed by atoms with Crippen LogP contribution in [0.25, 0.3) is 5.69 Å². The summed E-state index contributed by atoms with van der Waals surface area (Å²) in [6.45, 7) is 2.06. The fourth-order valence-corrected chi connectivity index (χ4v) is 1.56. The number of pyridine rings is 1. The molecule has 6 heteroatoms. The Morgan fingerprint density at radius 2 is 2.29 bits per heavy atom. The first-order valence-corrected chi connectivity index (χ1v) is 5.49. The van der Waals surface area contributed by atoms with E-state index in [1.165, 1.54) is 16.9 Å². The molecule has 0 saturated carbocycles. The lowest BCUT2D eigenvalue weighted by Gasteiger charge is -2.04. The van der Waals surface area contributed by atoms with Gasteiger partial charge in [0, 0.05) is 6.07 Å². The van der Waals surface area contributed by atoms with Crippen molar-refractivity contribution in [3.63, 3.8) is 0 Å². The van der Waals surface area contributed by atoms with Gasteiger partial charge in [-0.2, -0.15) is 0 Å². The molecular weight excluding hydrogens is 221 g/mol. The van der Waals surface area contributed by atoms with Crippen LogP contribution in [-0.4, -0.2) is 20.0 Å². The first-order valence-electron chi connectivity index (χ1n) is 5.49. The van der Waals surface area contributed by atoms with Crippen molar-refractivity contribution in [1.29, 1.82) is 0 Å². The number of nitrogens with two attached hydrogens (primary N) is 1. The van der Waals surface area contributed by atoms with E-state index in [4.69, 9.17) is 5.73 Å². The van der Waals surface area contributed by atoms with E-state index in [2.05, 4.69) is 22.2 Å². The molecule has 0 aliphatic rings. The Labute approximate surface area is 98.5 Å². The normalized spacial score (nSPS) is 12.6. The van der Waals surface area contributed by atoms with Crippen LogP contribution in [-0.2, 0) is 0 Å². The Morgan fingerprint density at radius 3 is 3.00 bits per heavy atom. The third-order valence-corrected chi connectivity index (χ3v) is 2.45. The molecule has 2 rings (SSSR count). The van der Waals surface area contributed by atoms with Crippen LogP contribution in [0.15, 0.2) is 24.7 Å². The summed E-state index contributed by atoms with van der Waals surface area (Å²) in [4.78, 5) is 3.76. The summed E-state index contributed by atoms with van der Waals surface area (Å²) >= 11 is 0. The average molecular weight is 235 g/mol. The molecule has 0 saturated heterocycles. The second kappa shape index (κ2) is 5.01. The number of hydrogen-bond donors (Lipinski definition) is 1. The fraction of sp³-hybridized carbons (Fsp3) is 0.364. The molecule has 0 aliphatic heterocycles. The summed E-state index contributed by atoms with van der Waals surface area (Å²) in [5.74, 6) is -0.405. The lowest BCUT2D eigenvalue weighted by Crippen LogP contribution is -2.10. The van der Waals surface area contributed by atoms with Crippen molar-refractivity contribution >= 4 is 0 Å². The lowest BCUT2D eigenvalue weighted by atomic mass is 10.1. The van der Waals surface area contributed by atoms with Gasteiger partial charge >= 0.3 is 0 Å². The first-order chi connectivity index (χ1) is 8.20. The second-order valence-electron chi connectivity index (χ2n) is 3.84. The van der Waals surface area contributed by atoms with Gasteiger partial charge in [0.05, 0.1) is 36.0 Å². The molecule has 1 atom stereocenters. The number of rotatable bonds is 4. The predicted molar refractivity (Wildman–Crippen MR) is 60.9 cm³/mol. The van der Waals surface area contributed by atoms with Gasteiger partial charge in [-0.15, -0.1) is 5.10 Å². The highest BCUT2D eigenvalue weighted by molar-refractivity contribution is 5.27. The summed E-state index contributed by atoms with van der Waals surface area (Å²) in [6.07, 6.45) is 6.20. The number of hydrogen-bond acceptors (Lipinski definition) is 4. The second-order valence-corrected chi connectivity index (χ2v) is 3.84. The van der Waals surface area contributed by atoms with E-state index >= 15 is 0 Å². The highest BCUT2D eigenvalue weighted by Gasteiger charge is 2.10. The Kier molecular flexibility index (Phi) is 3.43. The quantitative estimate of drug-likeness (QED) is 0.873. The van der Waals surface area contributed by atoms with Crippen molar-refractivity contribution in [3.8, 4) is 5.69 Å². The van der Waals surface area contributed by atoms with Gasteiger partial charge in [-0.1, -0.05) is 18.6 Å². The van der Waals surface area contributed by atoms with E-state index in [-0.39, 0.29) is 6.04 Å². The van der Waals surface area contributed by atoms with Crippen LogP contribution in [0.4, 0.5) is 4.39 Å². The summed E-state index contributed by atoms with van der Waals surface area (Å²) in [5.41, 5.74) is 7.16. The van der Waals surface area contributed by atoms with Crippen LogP contribution >= 0.6 is 0 Å². The maximum atomic E-state index is 13.0. The molecule has 2 aromatic heterocycles. The van der Waals surface area contributed by atoms with Gasteiger partial charge in [-0.3, -0.25) is 4.98 Å². The molecule has 0 fully saturated rings. The van der Waals surface area contributed by atoms with E-state index in [9.17, 15) is 4.39 Å². The van der Waals surface area contributed by atoms with Crippen molar-refractivity contribution in [2.24, 2.45) is 5.73 Å². The van der Waals surface area contributed by atoms with Crippen LogP contribution < -0.4 is 5.73 Å². The Bertz CT molecular complexity index is 496. The summed E-state index contributed by atoms with van der Waals surface area (Å²) < 4.78 is 14.5. The SMILES string of the molecule is CCCC(N)c1cn(-c2cncc(F)c2)nn1. The molecule has 2 N–H and O–H groups in total. The summed E-state index contributed by atoms with van der Waals surface area (Å²) in [6, 6.07) is 1.21. The maximum Gasteiger partial charge on any atom is 0.143 e. The molecule has 0 aromatic carbocycles. The zero-order chi connectivity index (χ0) is 12.3. The molecule has 5 nitrogen and oxygen atoms in total. The van der Waals surface area contributed by atoms with Crippen molar-refractivity contribution in [1.82, 2.24) is 20.0 Å². The topological polar surface area (TPSA) is 69.6 Å². The van der Waals surface area contributed by atoms with Crippen LogP contribution in [0.5, 0.6) is 0 Å². The Balaban J connectivity index is 2.23. The summed E-state index contributed by atoms with van der Waals surface area (Å²) in [5, 5.41) is 7.89. The van der Waals surface area contributed by atoms with E-state index < -0.39 is 5.82 Å². The maximum absolute atomic E-state index is 13.0. The smallest absolute Gasteiger partial charge is 0.143 e. The lowest BCUT2D eigenvalue weighted by molar-refractivity contribution is 0.616. The van der Waals surface area contributed by atoms with E-state index in [1.807, 2.05) is 0 Å². The molecule has 17 heavy (non-hydrogen) atoms. The van der Waals surface area contributed by atoms with Crippen LogP contribution in [0, 0.1) is 5.82 Å². The predicted octanol–water partition coefficient (Wildman–Crippen LogP) is 1.60. The summed E-state index contributed by atoms with van der Waals surface area (Å²) in [7, 11) is 0. The minimum Gasteiger partial charge on any atom is -0.323 e. The number of halogens is 1. The minimum absolute atomic E-state index is 0.129. The Morgan fingerprint density at radius 1 is 1.47 bits per heavy atom. The van der Waals surface area contributed by atoms with Gasteiger partial charge in [-0.25, -0.2) is 9.07 Å². The van der Waals surface area contributed by atoms with Crippen molar-refractivity contribution in [3.05, 3.63) is 36.2 Å². The van der Waals surface area contributed by atoms with E-state index in [1.54, 1.807) is 6.20 Å². The largest absolute Gasteiger partial charge is 0.323 e. The fourth-order valence-electron chi connectivity index (χ4n) is 1.56. The first kappa shape index (κ1) is 11.7. The molecule has 0 bridgehead atoms. The standard InChI is InChI=1S/C11H14FN5/c1-2-3-10(13)11-7-17(16-15-11)9-4-8(12)5-14-6-9/h4-7,10H,2-3,13H2,1H3. The molecule has 0 aliphatic carbocycles. The molecule has 2 heterocycles. The van der Waals surface area contributed by atoms with Crippen LogP contribution in [0.1, 0.15) is 31.5 Å². The molecule has 0 amide bonds. The van der Waals surface area contributed by atoms with Crippen molar-refractivity contribution in [2.45, 2.75) is 25.8 Å². The highest BCUT2D eigenvalue weighted by Crippen LogP contribution is 2.14. The molecule has 0 spiro atoms. The molecule has 90 valence electrons. The van der Waals surface area contributed by atoms with E-state index in [0.717, 1.165) is 19.0 Å².